The summed E-state index contributed by atoms with van der Waals surface area (Å²) < 4.78 is 12.4. The summed E-state index contributed by atoms with van der Waals surface area (Å²) >= 11 is 0. The predicted molar refractivity (Wildman–Crippen MR) is 107 cm³/mol. The van der Waals surface area contributed by atoms with E-state index in [1.807, 2.05) is 13.0 Å². The van der Waals surface area contributed by atoms with Crippen molar-refractivity contribution in [3.05, 3.63) is 23.8 Å². The third kappa shape index (κ3) is 2.28. The molecule has 6 nitrogen and oxygen atoms in total. The molecule has 0 bridgehead atoms. The highest BCUT2D eigenvalue weighted by Crippen LogP contribution is 2.70. The monoisotopic (exact) mass is 414 g/mol. The molecule has 162 valence electrons. The third-order valence-electron chi connectivity index (χ3n) is 8.96. The van der Waals surface area contributed by atoms with E-state index >= 15 is 0 Å². The van der Waals surface area contributed by atoms with Gasteiger partial charge in [0.25, 0.3) is 0 Å². The molecule has 1 saturated heterocycles. The SMILES string of the molecule is CC1(C)OC2CC3C4CCC5=CC(=O)C=CC5(C)C4C(O)CC3(C)C2(C(=O)C=O)O1. The number of aliphatic hydroxyl groups excluding tert-OH is 1. The van der Waals surface area contributed by atoms with Gasteiger partial charge in [-0.1, -0.05) is 25.5 Å². The fourth-order valence-corrected chi connectivity index (χ4v) is 7.94. The molecular formula is C24H30O6. The molecule has 4 fully saturated rings. The van der Waals surface area contributed by atoms with Crippen LogP contribution in [0.5, 0.6) is 0 Å². The average molecular weight is 414 g/mol. The van der Waals surface area contributed by atoms with Crippen LogP contribution in [0.25, 0.3) is 0 Å². The van der Waals surface area contributed by atoms with Crippen LogP contribution in [0.4, 0.5) is 0 Å². The van der Waals surface area contributed by atoms with Crippen molar-refractivity contribution in [2.24, 2.45) is 28.6 Å². The van der Waals surface area contributed by atoms with E-state index in [9.17, 15) is 19.5 Å². The van der Waals surface area contributed by atoms with Crippen LogP contribution in [0, 0.1) is 28.6 Å². The fraction of sp³-hybridized carbons (Fsp3) is 0.708. The lowest BCUT2D eigenvalue weighted by molar-refractivity contribution is -0.223. The van der Waals surface area contributed by atoms with Gasteiger partial charge in [-0.2, -0.15) is 0 Å². The van der Waals surface area contributed by atoms with Gasteiger partial charge in [0.2, 0.25) is 5.78 Å². The molecular weight excluding hydrogens is 384 g/mol. The van der Waals surface area contributed by atoms with E-state index in [-0.39, 0.29) is 29.0 Å². The molecule has 3 saturated carbocycles. The summed E-state index contributed by atoms with van der Waals surface area (Å²) in [7, 11) is 0. The zero-order valence-corrected chi connectivity index (χ0v) is 18.0. The Balaban J connectivity index is 1.60. The van der Waals surface area contributed by atoms with Gasteiger partial charge < -0.3 is 14.6 Å². The number of rotatable bonds is 2. The van der Waals surface area contributed by atoms with Crippen molar-refractivity contribution in [2.45, 2.75) is 77.0 Å². The first kappa shape index (κ1) is 20.3. The minimum Gasteiger partial charge on any atom is -0.393 e. The van der Waals surface area contributed by atoms with E-state index in [1.165, 1.54) is 0 Å². The first-order valence-corrected chi connectivity index (χ1v) is 11.0. The molecule has 0 aromatic heterocycles. The highest BCUT2D eigenvalue weighted by Gasteiger charge is 2.76. The molecule has 30 heavy (non-hydrogen) atoms. The average Bonchev–Trinajstić information content (AvgIpc) is 3.07. The number of aliphatic hydroxyl groups is 1. The van der Waals surface area contributed by atoms with E-state index in [1.54, 1.807) is 26.0 Å². The maximum Gasteiger partial charge on any atom is 0.230 e. The smallest absolute Gasteiger partial charge is 0.230 e. The number of fused-ring (bicyclic) bond motifs is 7. The predicted octanol–water partition coefficient (Wildman–Crippen LogP) is 2.53. The van der Waals surface area contributed by atoms with Crippen LogP contribution < -0.4 is 0 Å². The molecule has 5 aliphatic rings. The number of hydrogen-bond donors (Lipinski definition) is 1. The summed E-state index contributed by atoms with van der Waals surface area (Å²) in [6, 6.07) is 0. The van der Waals surface area contributed by atoms with Crippen molar-refractivity contribution < 1.29 is 29.0 Å². The minimum absolute atomic E-state index is 0.00558. The number of aldehydes is 1. The highest BCUT2D eigenvalue weighted by molar-refractivity contribution is 6.29. The number of ketones is 2. The molecule has 0 spiro atoms. The highest BCUT2D eigenvalue weighted by atomic mass is 16.8. The van der Waals surface area contributed by atoms with E-state index in [2.05, 4.69) is 6.92 Å². The normalized spacial score (nSPS) is 50.8. The van der Waals surface area contributed by atoms with Crippen LogP contribution in [-0.2, 0) is 23.9 Å². The van der Waals surface area contributed by atoms with Crippen LogP contribution in [0.3, 0.4) is 0 Å². The molecule has 6 heteroatoms. The molecule has 1 heterocycles. The van der Waals surface area contributed by atoms with Gasteiger partial charge in [-0.05, 0) is 63.5 Å². The lowest BCUT2D eigenvalue weighted by Crippen LogP contribution is -2.63. The number of carbonyl (C=O) groups excluding carboxylic acids is 3. The molecule has 1 aliphatic heterocycles. The van der Waals surface area contributed by atoms with Crippen molar-refractivity contribution in [2.75, 3.05) is 0 Å². The first-order chi connectivity index (χ1) is 14.0. The second-order valence-corrected chi connectivity index (χ2v) is 10.8. The van der Waals surface area contributed by atoms with E-state index in [4.69, 9.17) is 9.47 Å². The number of hydrogen-bond acceptors (Lipinski definition) is 6. The van der Waals surface area contributed by atoms with Crippen molar-refractivity contribution in [3.8, 4) is 0 Å². The van der Waals surface area contributed by atoms with Crippen molar-refractivity contribution >= 4 is 17.9 Å². The lowest BCUT2D eigenvalue weighted by atomic mass is 9.46. The summed E-state index contributed by atoms with van der Waals surface area (Å²) in [5.41, 5.74) is -1.34. The molecule has 1 N–H and O–H groups in total. The molecule has 5 rings (SSSR count). The van der Waals surface area contributed by atoms with Gasteiger partial charge in [0.1, 0.15) is 0 Å². The van der Waals surface area contributed by atoms with Gasteiger partial charge in [0.15, 0.2) is 23.5 Å². The molecule has 8 unspecified atom stereocenters. The second-order valence-electron chi connectivity index (χ2n) is 10.8. The van der Waals surface area contributed by atoms with Gasteiger partial charge in [-0.15, -0.1) is 0 Å². The summed E-state index contributed by atoms with van der Waals surface area (Å²) in [6.07, 6.45) is 7.11. The van der Waals surface area contributed by atoms with Crippen LogP contribution in [0.1, 0.15) is 53.4 Å². The molecule has 0 aromatic carbocycles. The standard InChI is InChI=1S/C24H30O6/c1-21(2)29-19-10-16-15-6-5-13-9-14(26)7-8-22(13,3)20(15)17(27)11-23(16,4)24(19,30-21)18(28)12-25/h7-9,12,15-17,19-20,27H,5-6,10-11H2,1-4H3. The van der Waals surface area contributed by atoms with Crippen LogP contribution in [-0.4, -0.2) is 46.6 Å². The zero-order chi connectivity index (χ0) is 21.7. The summed E-state index contributed by atoms with van der Waals surface area (Å²) in [5.74, 6) is -1.35. The third-order valence-corrected chi connectivity index (χ3v) is 8.96. The molecule has 0 aromatic rings. The second kappa shape index (κ2) is 5.99. The maximum absolute atomic E-state index is 13.0. The number of ether oxygens (including phenoxy) is 2. The number of Topliss-reactive ketones (excluding diaryl/α,β-unsaturated/α-hetero) is 1. The Morgan fingerprint density at radius 3 is 2.70 bits per heavy atom. The Labute approximate surface area is 176 Å². The van der Waals surface area contributed by atoms with Gasteiger partial charge in [-0.3, -0.25) is 14.4 Å². The van der Waals surface area contributed by atoms with E-state index < -0.39 is 34.8 Å². The fourth-order valence-electron chi connectivity index (χ4n) is 7.94. The Bertz CT molecular complexity index is 901. The lowest BCUT2D eigenvalue weighted by Gasteiger charge is -2.59. The van der Waals surface area contributed by atoms with Crippen LogP contribution >= 0.6 is 0 Å². The Morgan fingerprint density at radius 2 is 2.00 bits per heavy atom. The topological polar surface area (TPSA) is 89.9 Å². The largest absolute Gasteiger partial charge is 0.393 e. The number of allylic oxidation sites excluding steroid dienone is 4. The summed E-state index contributed by atoms with van der Waals surface area (Å²) in [4.78, 5) is 36.7. The number of carbonyl (C=O) groups is 3. The Kier molecular flexibility index (Phi) is 4.05. The molecule has 0 radical (unpaired) electrons. The zero-order valence-electron chi connectivity index (χ0n) is 18.0. The van der Waals surface area contributed by atoms with Crippen LogP contribution in [0.15, 0.2) is 23.8 Å². The molecule has 4 aliphatic carbocycles. The van der Waals surface area contributed by atoms with Crippen molar-refractivity contribution in [1.29, 1.82) is 0 Å². The van der Waals surface area contributed by atoms with Gasteiger partial charge in [-0.25, -0.2) is 0 Å². The van der Waals surface area contributed by atoms with E-state index in [0.717, 1.165) is 18.4 Å². The van der Waals surface area contributed by atoms with Crippen LogP contribution in [0.2, 0.25) is 0 Å². The maximum atomic E-state index is 13.0. The Morgan fingerprint density at radius 1 is 1.27 bits per heavy atom. The quantitative estimate of drug-likeness (QED) is 0.552. The molecule has 8 atom stereocenters. The molecule has 0 amide bonds. The van der Waals surface area contributed by atoms with Gasteiger partial charge in [0, 0.05) is 16.7 Å². The van der Waals surface area contributed by atoms with Crippen molar-refractivity contribution in [3.63, 3.8) is 0 Å². The van der Waals surface area contributed by atoms with Gasteiger partial charge >= 0.3 is 0 Å². The van der Waals surface area contributed by atoms with E-state index in [0.29, 0.717) is 19.1 Å². The van der Waals surface area contributed by atoms with Gasteiger partial charge in [0.05, 0.1) is 12.2 Å². The first-order valence-electron chi connectivity index (χ1n) is 11.0. The van der Waals surface area contributed by atoms with Crippen molar-refractivity contribution in [1.82, 2.24) is 0 Å². The Hall–Kier alpha value is -1.63. The summed E-state index contributed by atoms with van der Waals surface area (Å²) in [5, 5.41) is 11.5. The minimum atomic E-state index is -1.36. The summed E-state index contributed by atoms with van der Waals surface area (Å²) in [6.45, 7) is 7.65.